The number of aromatic nitrogens is 2. The summed E-state index contributed by atoms with van der Waals surface area (Å²) in [5.41, 5.74) is 1.67. The molecule has 0 amide bonds. The van der Waals surface area contributed by atoms with Crippen LogP contribution in [0.4, 0.5) is 0 Å². The molecular weight excluding hydrogens is 192 g/mol. The zero-order valence-electron chi connectivity index (χ0n) is 9.77. The molecule has 82 valence electrons. The van der Waals surface area contributed by atoms with Gasteiger partial charge in [0, 0.05) is 7.05 Å². The van der Waals surface area contributed by atoms with Crippen LogP contribution in [0, 0.1) is 18.3 Å². The van der Waals surface area contributed by atoms with Crippen molar-refractivity contribution in [1.82, 2.24) is 14.7 Å². The Labute approximate surface area is 89.9 Å². The molecule has 5 nitrogen and oxygen atoms in total. The number of nitriles is 1. The number of ether oxygens (including phenoxy) is 1. The van der Waals surface area contributed by atoms with Gasteiger partial charge in [0.05, 0.1) is 24.4 Å². The molecule has 0 saturated carbocycles. The highest BCUT2D eigenvalue weighted by Gasteiger charge is 2.24. The van der Waals surface area contributed by atoms with E-state index in [1.807, 2.05) is 25.9 Å². The van der Waals surface area contributed by atoms with Crippen molar-refractivity contribution in [3.8, 4) is 11.9 Å². The third-order valence-electron chi connectivity index (χ3n) is 2.32. The van der Waals surface area contributed by atoms with Crippen molar-refractivity contribution in [3.63, 3.8) is 0 Å². The molecule has 1 atom stereocenters. The van der Waals surface area contributed by atoms with E-state index >= 15 is 0 Å². The molecule has 0 aliphatic heterocycles. The third kappa shape index (κ3) is 1.95. The molecule has 5 heteroatoms. The highest BCUT2D eigenvalue weighted by atomic mass is 16.5. The maximum atomic E-state index is 9.12. The normalized spacial score (nSPS) is 12.6. The van der Waals surface area contributed by atoms with Crippen molar-refractivity contribution in [1.29, 1.82) is 5.26 Å². The van der Waals surface area contributed by atoms with Gasteiger partial charge in [-0.15, -0.1) is 0 Å². The lowest BCUT2D eigenvalue weighted by Crippen LogP contribution is -2.19. The first kappa shape index (κ1) is 11.5. The second-order valence-corrected chi connectivity index (χ2v) is 3.63. The van der Waals surface area contributed by atoms with Crippen LogP contribution in [0.15, 0.2) is 0 Å². The predicted molar refractivity (Wildman–Crippen MR) is 56.5 cm³/mol. The topological polar surface area (TPSA) is 54.1 Å². The van der Waals surface area contributed by atoms with E-state index in [0.29, 0.717) is 5.88 Å². The molecule has 0 aliphatic carbocycles. The SMILES string of the molecule is COc1c(C(C#N)N(C)C)c(C)nn1C. The number of rotatable bonds is 3. The molecular formula is C10H16N4O. The fourth-order valence-electron chi connectivity index (χ4n) is 1.65. The molecule has 15 heavy (non-hydrogen) atoms. The first-order chi connectivity index (χ1) is 7.02. The highest BCUT2D eigenvalue weighted by molar-refractivity contribution is 5.37. The minimum atomic E-state index is -0.325. The molecule has 0 saturated heterocycles. The van der Waals surface area contributed by atoms with E-state index < -0.39 is 0 Å². The molecule has 0 fully saturated rings. The predicted octanol–water partition coefficient (Wildman–Crippen LogP) is 0.863. The standard InChI is InChI=1S/C10H16N4O/c1-7-9(8(6-11)13(2)3)10(15-5)14(4)12-7/h8H,1-5H3. The zero-order valence-corrected chi connectivity index (χ0v) is 9.77. The van der Waals surface area contributed by atoms with Crippen molar-refractivity contribution in [2.45, 2.75) is 13.0 Å². The Balaban J connectivity index is 3.29. The second kappa shape index (κ2) is 4.32. The van der Waals surface area contributed by atoms with E-state index in [9.17, 15) is 0 Å². The summed E-state index contributed by atoms with van der Waals surface area (Å²) in [7, 11) is 7.11. The molecule has 0 radical (unpaired) electrons. The molecule has 1 aromatic heterocycles. The average molecular weight is 208 g/mol. The van der Waals surface area contributed by atoms with Crippen molar-refractivity contribution in [2.24, 2.45) is 7.05 Å². The Morgan fingerprint density at radius 2 is 2.13 bits per heavy atom. The van der Waals surface area contributed by atoms with Crippen molar-refractivity contribution in [2.75, 3.05) is 21.2 Å². The molecule has 0 bridgehead atoms. The van der Waals surface area contributed by atoms with E-state index in [0.717, 1.165) is 11.3 Å². The summed E-state index contributed by atoms with van der Waals surface area (Å²) in [6, 6.07) is 1.91. The van der Waals surface area contributed by atoms with E-state index in [-0.39, 0.29) is 6.04 Å². The van der Waals surface area contributed by atoms with Crippen LogP contribution in [0.3, 0.4) is 0 Å². The molecule has 1 aromatic rings. The molecule has 1 unspecified atom stereocenters. The summed E-state index contributed by atoms with van der Waals surface area (Å²) in [6.07, 6.45) is 0. The van der Waals surface area contributed by atoms with Gasteiger partial charge in [0.1, 0.15) is 6.04 Å². The molecule has 1 rings (SSSR count). The van der Waals surface area contributed by atoms with E-state index in [1.165, 1.54) is 0 Å². The fraction of sp³-hybridized carbons (Fsp3) is 0.600. The largest absolute Gasteiger partial charge is 0.481 e. The van der Waals surface area contributed by atoms with Gasteiger partial charge < -0.3 is 4.74 Å². The quantitative estimate of drug-likeness (QED) is 0.739. The number of hydrogen-bond donors (Lipinski definition) is 0. The van der Waals surface area contributed by atoms with Gasteiger partial charge in [0.2, 0.25) is 5.88 Å². The Morgan fingerprint density at radius 1 is 1.53 bits per heavy atom. The second-order valence-electron chi connectivity index (χ2n) is 3.63. The molecule has 0 aliphatic rings. The smallest absolute Gasteiger partial charge is 0.217 e. The van der Waals surface area contributed by atoms with Gasteiger partial charge in [-0.2, -0.15) is 10.4 Å². The summed E-state index contributed by atoms with van der Waals surface area (Å²) in [6.45, 7) is 1.88. The average Bonchev–Trinajstić information content (AvgIpc) is 2.42. The lowest BCUT2D eigenvalue weighted by molar-refractivity contribution is 0.329. The van der Waals surface area contributed by atoms with Crippen molar-refractivity contribution < 1.29 is 4.74 Å². The number of hydrogen-bond acceptors (Lipinski definition) is 4. The monoisotopic (exact) mass is 208 g/mol. The Hall–Kier alpha value is -1.54. The van der Waals surface area contributed by atoms with Crippen LogP contribution in [0.5, 0.6) is 5.88 Å². The Bertz CT molecular complexity index is 389. The van der Waals surface area contributed by atoms with Crippen LogP contribution in [0.2, 0.25) is 0 Å². The lowest BCUT2D eigenvalue weighted by Gasteiger charge is -2.17. The molecule has 1 heterocycles. The summed E-state index contributed by atoms with van der Waals surface area (Å²) in [5.74, 6) is 0.646. The van der Waals surface area contributed by atoms with Crippen LogP contribution in [0.1, 0.15) is 17.3 Å². The maximum absolute atomic E-state index is 9.12. The van der Waals surface area contributed by atoms with Crippen LogP contribution in [-0.4, -0.2) is 35.9 Å². The Kier molecular flexibility index (Phi) is 3.32. The first-order valence-electron chi connectivity index (χ1n) is 4.66. The van der Waals surface area contributed by atoms with Crippen LogP contribution in [-0.2, 0) is 7.05 Å². The number of methoxy groups -OCH3 is 1. The fourth-order valence-corrected chi connectivity index (χ4v) is 1.65. The van der Waals surface area contributed by atoms with Gasteiger partial charge in [-0.1, -0.05) is 0 Å². The van der Waals surface area contributed by atoms with E-state index in [2.05, 4.69) is 11.2 Å². The summed E-state index contributed by atoms with van der Waals surface area (Å²) < 4.78 is 6.90. The van der Waals surface area contributed by atoms with Crippen molar-refractivity contribution >= 4 is 0 Å². The zero-order chi connectivity index (χ0) is 11.6. The highest BCUT2D eigenvalue weighted by Crippen LogP contribution is 2.29. The Morgan fingerprint density at radius 3 is 2.53 bits per heavy atom. The number of aryl methyl sites for hydroxylation is 2. The van der Waals surface area contributed by atoms with Crippen LogP contribution in [0.25, 0.3) is 0 Å². The molecule has 0 aromatic carbocycles. The summed E-state index contributed by atoms with van der Waals surface area (Å²) >= 11 is 0. The first-order valence-corrected chi connectivity index (χ1v) is 4.66. The summed E-state index contributed by atoms with van der Waals surface area (Å²) in [5, 5.41) is 13.4. The van der Waals surface area contributed by atoms with Gasteiger partial charge in [0.15, 0.2) is 0 Å². The van der Waals surface area contributed by atoms with Crippen molar-refractivity contribution in [3.05, 3.63) is 11.3 Å². The molecule has 0 spiro atoms. The number of nitrogens with zero attached hydrogens (tertiary/aromatic N) is 4. The van der Waals surface area contributed by atoms with Gasteiger partial charge in [-0.05, 0) is 21.0 Å². The van der Waals surface area contributed by atoms with Gasteiger partial charge in [-0.25, -0.2) is 4.68 Å². The summed E-state index contributed by atoms with van der Waals surface area (Å²) in [4.78, 5) is 1.84. The van der Waals surface area contributed by atoms with Crippen LogP contribution >= 0.6 is 0 Å². The van der Waals surface area contributed by atoms with Gasteiger partial charge in [-0.3, -0.25) is 4.90 Å². The lowest BCUT2D eigenvalue weighted by atomic mass is 10.1. The minimum absolute atomic E-state index is 0.325. The third-order valence-corrected chi connectivity index (χ3v) is 2.32. The molecule has 0 N–H and O–H groups in total. The maximum Gasteiger partial charge on any atom is 0.217 e. The minimum Gasteiger partial charge on any atom is -0.481 e. The van der Waals surface area contributed by atoms with E-state index in [4.69, 9.17) is 10.00 Å². The van der Waals surface area contributed by atoms with Gasteiger partial charge >= 0.3 is 0 Å². The van der Waals surface area contributed by atoms with E-state index in [1.54, 1.807) is 18.8 Å². The van der Waals surface area contributed by atoms with Gasteiger partial charge in [0.25, 0.3) is 0 Å². The van der Waals surface area contributed by atoms with Crippen LogP contribution < -0.4 is 4.74 Å².